The first-order chi connectivity index (χ1) is 7.19. The van der Waals surface area contributed by atoms with Gasteiger partial charge in [-0.05, 0) is 22.0 Å². The number of hydrogen-bond acceptors (Lipinski definition) is 4. The average Bonchev–Trinajstić information content (AvgIpc) is 2.28. The van der Waals surface area contributed by atoms with Crippen molar-refractivity contribution in [1.82, 2.24) is 0 Å². The van der Waals surface area contributed by atoms with E-state index in [2.05, 4.69) is 15.9 Å². The van der Waals surface area contributed by atoms with Crippen molar-refractivity contribution in [2.75, 3.05) is 21.3 Å². The largest absolute Gasteiger partial charge is 0.495 e. The fourth-order valence-corrected chi connectivity index (χ4v) is 1.86. The Balaban J connectivity index is 3.49. The van der Waals surface area contributed by atoms with Gasteiger partial charge in [-0.3, -0.25) is 4.79 Å². The number of hydrogen-bond donors (Lipinski definition) is 0. The molecule has 5 heteroatoms. The molecule has 1 aromatic carbocycles. The van der Waals surface area contributed by atoms with Crippen LogP contribution in [0.5, 0.6) is 17.2 Å². The molecule has 0 heterocycles. The monoisotopic (exact) mass is 274 g/mol. The van der Waals surface area contributed by atoms with E-state index >= 15 is 0 Å². The van der Waals surface area contributed by atoms with Crippen LogP contribution < -0.4 is 14.2 Å². The Morgan fingerprint density at radius 2 is 1.73 bits per heavy atom. The molecule has 0 unspecified atom stereocenters. The van der Waals surface area contributed by atoms with Gasteiger partial charge in [-0.2, -0.15) is 0 Å². The number of methoxy groups -OCH3 is 3. The lowest BCUT2D eigenvalue weighted by atomic mass is 10.2. The standard InChI is InChI=1S/C10H11BrO4/c1-13-7-4-6(5-12)9(14-2)10(15-3)8(7)11/h4-5H,1-3H3. The Kier molecular flexibility index (Phi) is 3.96. The first-order valence-corrected chi connectivity index (χ1v) is 4.92. The highest BCUT2D eigenvalue weighted by Crippen LogP contribution is 2.43. The SMILES string of the molecule is COc1cc(C=O)c(OC)c(OC)c1Br. The molecule has 0 fully saturated rings. The van der Waals surface area contributed by atoms with Gasteiger partial charge >= 0.3 is 0 Å². The summed E-state index contributed by atoms with van der Waals surface area (Å²) in [4.78, 5) is 10.8. The van der Waals surface area contributed by atoms with Gasteiger partial charge in [0.05, 0.1) is 26.9 Å². The van der Waals surface area contributed by atoms with Crippen molar-refractivity contribution in [3.05, 3.63) is 16.1 Å². The van der Waals surface area contributed by atoms with Crippen LogP contribution in [0, 0.1) is 0 Å². The molecule has 0 amide bonds. The highest BCUT2D eigenvalue weighted by atomic mass is 79.9. The summed E-state index contributed by atoms with van der Waals surface area (Å²) in [6, 6.07) is 1.58. The average molecular weight is 275 g/mol. The van der Waals surface area contributed by atoms with Crippen molar-refractivity contribution in [3.8, 4) is 17.2 Å². The Morgan fingerprint density at radius 3 is 2.13 bits per heavy atom. The van der Waals surface area contributed by atoms with Crippen LogP contribution >= 0.6 is 15.9 Å². The van der Waals surface area contributed by atoms with Gasteiger partial charge in [-0.15, -0.1) is 0 Å². The lowest BCUT2D eigenvalue weighted by Gasteiger charge is -2.14. The third-order valence-electron chi connectivity index (χ3n) is 1.93. The molecule has 82 valence electrons. The van der Waals surface area contributed by atoms with Crippen LogP contribution in [0.25, 0.3) is 0 Å². The molecule has 0 atom stereocenters. The number of carbonyl (C=O) groups is 1. The van der Waals surface area contributed by atoms with E-state index in [-0.39, 0.29) is 0 Å². The Bertz CT molecular complexity index is 376. The minimum absolute atomic E-state index is 0.384. The second-order valence-corrected chi connectivity index (χ2v) is 3.46. The quantitative estimate of drug-likeness (QED) is 0.791. The molecule has 0 saturated carbocycles. The first kappa shape index (κ1) is 11.8. The van der Waals surface area contributed by atoms with Crippen LogP contribution in [-0.4, -0.2) is 27.6 Å². The topological polar surface area (TPSA) is 44.8 Å². The van der Waals surface area contributed by atoms with E-state index in [0.29, 0.717) is 33.6 Å². The summed E-state index contributed by atoms with van der Waals surface area (Å²) in [7, 11) is 4.49. The molecule has 0 spiro atoms. The van der Waals surface area contributed by atoms with Gasteiger partial charge in [0.15, 0.2) is 17.8 Å². The van der Waals surface area contributed by atoms with Crippen molar-refractivity contribution in [1.29, 1.82) is 0 Å². The summed E-state index contributed by atoms with van der Waals surface area (Å²) in [5.74, 6) is 1.36. The number of halogens is 1. The molecule has 0 aliphatic rings. The van der Waals surface area contributed by atoms with Crippen molar-refractivity contribution in [3.63, 3.8) is 0 Å². The summed E-state index contributed by atoms with van der Waals surface area (Å²) in [6.45, 7) is 0. The number of carbonyl (C=O) groups excluding carboxylic acids is 1. The van der Waals surface area contributed by atoms with E-state index in [1.54, 1.807) is 6.07 Å². The molecule has 1 aromatic rings. The molecule has 15 heavy (non-hydrogen) atoms. The molecule has 0 radical (unpaired) electrons. The highest BCUT2D eigenvalue weighted by Gasteiger charge is 2.18. The predicted octanol–water partition coefficient (Wildman–Crippen LogP) is 2.29. The zero-order valence-corrected chi connectivity index (χ0v) is 10.3. The minimum atomic E-state index is 0.384. The lowest BCUT2D eigenvalue weighted by Crippen LogP contribution is -1.98. The highest BCUT2D eigenvalue weighted by molar-refractivity contribution is 9.10. The summed E-state index contributed by atoms with van der Waals surface area (Å²) < 4.78 is 15.9. The summed E-state index contributed by atoms with van der Waals surface area (Å²) in [6.07, 6.45) is 0.691. The molecule has 0 N–H and O–H groups in total. The summed E-state index contributed by atoms with van der Waals surface area (Å²) in [5.41, 5.74) is 0.384. The van der Waals surface area contributed by atoms with Crippen LogP contribution in [-0.2, 0) is 0 Å². The fraction of sp³-hybridized carbons (Fsp3) is 0.300. The third kappa shape index (κ3) is 2.07. The van der Waals surface area contributed by atoms with Gasteiger partial charge in [0.1, 0.15) is 10.2 Å². The van der Waals surface area contributed by atoms with Crippen molar-refractivity contribution >= 4 is 22.2 Å². The molecule has 0 saturated heterocycles. The van der Waals surface area contributed by atoms with E-state index in [1.165, 1.54) is 21.3 Å². The maximum atomic E-state index is 10.8. The van der Waals surface area contributed by atoms with E-state index in [0.717, 1.165) is 0 Å². The second kappa shape index (κ2) is 5.02. The lowest BCUT2D eigenvalue weighted by molar-refractivity contribution is 0.111. The van der Waals surface area contributed by atoms with Gasteiger partial charge in [0.25, 0.3) is 0 Å². The van der Waals surface area contributed by atoms with Crippen molar-refractivity contribution in [2.24, 2.45) is 0 Å². The van der Waals surface area contributed by atoms with E-state index in [9.17, 15) is 4.79 Å². The van der Waals surface area contributed by atoms with Crippen molar-refractivity contribution in [2.45, 2.75) is 0 Å². The molecule has 4 nitrogen and oxygen atoms in total. The molecule has 0 aromatic heterocycles. The Labute approximate surface area is 96.3 Å². The Hall–Kier alpha value is -1.23. The predicted molar refractivity (Wildman–Crippen MR) is 59.2 cm³/mol. The van der Waals surface area contributed by atoms with Crippen LogP contribution in [0.4, 0.5) is 0 Å². The maximum absolute atomic E-state index is 10.8. The molecule has 0 aliphatic heterocycles. The number of benzene rings is 1. The number of ether oxygens (including phenoxy) is 3. The number of rotatable bonds is 4. The number of aldehydes is 1. The van der Waals surface area contributed by atoms with E-state index in [1.807, 2.05) is 0 Å². The van der Waals surface area contributed by atoms with Crippen LogP contribution in [0.1, 0.15) is 10.4 Å². The van der Waals surface area contributed by atoms with Gasteiger partial charge in [-0.25, -0.2) is 0 Å². The molecule has 0 bridgehead atoms. The third-order valence-corrected chi connectivity index (χ3v) is 2.68. The second-order valence-electron chi connectivity index (χ2n) is 2.67. The van der Waals surface area contributed by atoms with Crippen LogP contribution in [0.15, 0.2) is 10.5 Å². The zero-order chi connectivity index (χ0) is 11.4. The smallest absolute Gasteiger partial charge is 0.179 e. The molecular weight excluding hydrogens is 264 g/mol. The van der Waals surface area contributed by atoms with Crippen LogP contribution in [0.3, 0.4) is 0 Å². The summed E-state index contributed by atoms with van der Waals surface area (Å²) in [5, 5.41) is 0. The zero-order valence-electron chi connectivity index (χ0n) is 8.67. The van der Waals surface area contributed by atoms with E-state index in [4.69, 9.17) is 14.2 Å². The molecular formula is C10H11BrO4. The maximum Gasteiger partial charge on any atom is 0.179 e. The van der Waals surface area contributed by atoms with E-state index < -0.39 is 0 Å². The molecule has 1 rings (SSSR count). The van der Waals surface area contributed by atoms with Gasteiger partial charge in [-0.1, -0.05) is 0 Å². The normalized spacial score (nSPS) is 9.60. The fourth-order valence-electron chi connectivity index (χ4n) is 1.24. The van der Waals surface area contributed by atoms with Crippen LogP contribution in [0.2, 0.25) is 0 Å². The van der Waals surface area contributed by atoms with Gasteiger partial charge in [0.2, 0.25) is 0 Å². The first-order valence-electron chi connectivity index (χ1n) is 4.13. The van der Waals surface area contributed by atoms with Gasteiger partial charge < -0.3 is 14.2 Å². The minimum Gasteiger partial charge on any atom is -0.495 e. The Morgan fingerprint density at radius 1 is 1.13 bits per heavy atom. The summed E-state index contributed by atoms with van der Waals surface area (Å²) >= 11 is 3.31. The van der Waals surface area contributed by atoms with Crippen molar-refractivity contribution < 1.29 is 19.0 Å². The van der Waals surface area contributed by atoms with Gasteiger partial charge in [0, 0.05) is 0 Å². The molecule has 0 aliphatic carbocycles.